The first-order chi connectivity index (χ1) is 12.1. The number of carbonyl (C=O) groups excluding carboxylic acids is 1. The molecule has 1 N–H and O–H groups in total. The third kappa shape index (κ3) is 1.92. The summed E-state index contributed by atoms with van der Waals surface area (Å²) in [4.78, 5) is 12.6. The predicted octanol–water partition coefficient (Wildman–Crippen LogP) is 2.87. The molecule has 0 amide bonds. The summed E-state index contributed by atoms with van der Waals surface area (Å²) in [6.45, 7) is 2.18. The van der Waals surface area contributed by atoms with Crippen molar-refractivity contribution in [3.63, 3.8) is 0 Å². The average molecular weight is 338 g/mol. The number of hydrogen-bond donors (Lipinski definition) is 1. The van der Waals surface area contributed by atoms with Gasteiger partial charge < -0.3 is 14.6 Å². The van der Waals surface area contributed by atoms with Crippen LogP contribution < -0.4 is 0 Å². The lowest BCUT2D eigenvalue weighted by Crippen LogP contribution is -2.39. The van der Waals surface area contributed by atoms with Gasteiger partial charge in [-0.05, 0) is 43.4 Å². The van der Waals surface area contributed by atoms with E-state index < -0.39 is 5.60 Å². The first-order valence-corrected chi connectivity index (χ1v) is 9.07. The molecule has 1 spiro atoms. The highest BCUT2D eigenvalue weighted by Crippen LogP contribution is 2.69. The molecule has 3 fully saturated rings. The molecule has 4 heteroatoms. The zero-order chi connectivity index (χ0) is 17.2. The van der Waals surface area contributed by atoms with Gasteiger partial charge >= 0.3 is 5.97 Å². The molecule has 0 radical (unpaired) electrons. The summed E-state index contributed by atoms with van der Waals surface area (Å²) < 4.78 is 12.2. The molecule has 2 aliphatic carbocycles. The standard InChI is InChI=1S/C21H22O4/c1-20-9-5-8-14(12-22)17-11-15-16(10-13-6-3-2-4-7-13)19(23)24-18(15)21(17,20)25-20/h2-4,6-8,10,15,17-18,22H,5,9,11-12H2,1H3/b16-10+/t15-,17?,18-,20+,21-/m0/s1. The fourth-order valence-electron chi connectivity index (χ4n) is 5.41. The van der Waals surface area contributed by atoms with Crippen LogP contribution in [0.5, 0.6) is 0 Å². The van der Waals surface area contributed by atoms with Crippen molar-refractivity contribution in [2.75, 3.05) is 6.61 Å². The van der Waals surface area contributed by atoms with Crippen LogP contribution in [0.2, 0.25) is 0 Å². The molecule has 2 aliphatic heterocycles. The summed E-state index contributed by atoms with van der Waals surface area (Å²) in [6.07, 6.45) is 6.50. The maximum atomic E-state index is 12.6. The van der Waals surface area contributed by atoms with Crippen LogP contribution >= 0.6 is 0 Å². The number of esters is 1. The van der Waals surface area contributed by atoms with Crippen LogP contribution in [-0.4, -0.2) is 35.0 Å². The summed E-state index contributed by atoms with van der Waals surface area (Å²) in [6, 6.07) is 9.89. The largest absolute Gasteiger partial charge is 0.455 e. The van der Waals surface area contributed by atoms with E-state index in [1.54, 1.807) is 0 Å². The van der Waals surface area contributed by atoms with E-state index in [0.29, 0.717) is 0 Å². The van der Waals surface area contributed by atoms with Gasteiger partial charge in [-0.15, -0.1) is 0 Å². The number of fused-ring (bicyclic) bond motifs is 1. The van der Waals surface area contributed by atoms with Gasteiger partial charge in [0.2, 0.25) is 0 Å². The maximum Gasteiger partial charge on any atom is 0.334 e. The van der Waals surface area contributed by atoms with Gasteiger partial charge in [-0.2, -0.15) is 0 Å². The van der Waals surface area contributed by atoms with E-state index in [-0.39, 0.29) is 36.1 Å². The van der Waals surface area contributed by atoms with Gasteiger partial charge in [0.25, 0.3) is 0 Å². The van der Waals surface area contributed by atoms with Crippen LogP contribution in [0.3, 0.4) is 0 Å². The first-order valence-electron chi connectivity index (χ1n) is 9.07. The third-order valence-electron chi connectivity index (χ3n) is 6.62. The van der Waals surface area contributed by atoms with Gasteiger partial charge in [0.15, 0.2) is 0 Å². The Balaban J connectivity index is 1.56. The molecule has 5 atom stereocenters. The van der Waals surface area contributed by atoms with Crippen molar-refractivity contribution in [2.24, 2.45) is 11.8 Å². The van der Waals surface area contributed by atoms with Crippen LogP contribution in [0.15, 0.2) is 47.6 Å². The monoisotopic (exact) mass is 338 g/mol. The summed E-state index contributed by atoms with van der Waals surface area (Å²) >= 11 is 0. The van der Waals surface area contributed by atoms with Crippen LogP contribution in [0.1, 0.15) is 31.7 Å². The number of benzene rings is 1. The fraction of sp³-hybridized carbons (Fsp3) is 0.476. The molecule has 5 rings (SSSR count). The normalized spacial score (nSPS) is 43.0. The van der Waals surface area contributed by atoms with Crippen LogP contribution in [0.25, 0.3) is 6.08 Å². The van der Waals surface area contributed by atoms with Crippen LogP contribution in [0, 0.1) is 11.8 Å². The molecule has 0 aromatic heterocycles. The summed E-state index contributed by atoms with van der Waals surface area (Å²) in [5.74, 6) is -0.0526. The van der Waals surface area contributed by atoms with Gasteiger partial charge in [0.1, 0.15) is 11.7 Å². The van der Waals surface area contributed by atoms with Gasteiger partial charge in [0, 0.05) is 17.4 Å². The van der Waals surface area contributed by atoms with Crippen molar-refractivity contribution >= 4 is 12.0 Å². The van der Waals surface area contributed by atoms with E-state index in [4.69, 9.17) is 9.47 Å². The van der Waals surface area contributed by atoms with Crippen molar-refractivity contribution in [1.82, 2.24) is 0 Å². The van der Waals surface area contributed by atoms with Crippen molar-refractivity contribution in [3.8, 4) is 0 Å². The molecular formula is C21H22O4. The van der Waals surface area contributed by atoms with Crippen molar-refractivity contribution in [1.29, 1.82) is 0 Å². The highest BCUT2D eigenvalue weighted by molar-refractivity contribution is 5.97. The fourth-order valence-corrected chi connectivity index (χ4v) is 5.41. The molecule has 25 heavy (non-hydrogen) atoms. The number of carbonyl (C=O) groups is 1. The lowest BCUT2D eigenvalue weighted by molar-refractivity contribution is -0.141. The molecule has 1 aromatic carbocycles. The first kappa shape index (κ1) is 15.4. The Morgan fingerprint density at radius 3 is 2.88 bits per heavy atom. The van der Waals surface area contributed by atoms with E-state index in [0.717, 1.165) is 36.0 Å². The Kier molecular flexibility index (Phi) is 3.10. The van der Waals surface area contributed by atoms with E-state index >= 15 is 0 Å². The van der Waals surface area contributed by atoms with Gasteiger partial charge in [-0.3, -0.25) is 0 Å². The zero-order valence-corrected chi connectivity index (χ0v) is 14.3. The molecule has 2 saturated heterocycles. The Hall–Kier alpha value is -1.91. The zero-order valence-electron chi connectivity index (χ0n) is 14.3. The Bertz CT molecular complexity index is 795. The number of rotatable bonds is 2. The topological polar surface area (TPSA) is 59.1 Å². The number of ether oxygens (including phenoxy) is 2. The highest BCUT2D eigenvalue weighted by Gasteiger charge is 2.81. The minimum atomic E-state index is -0.454. The molecule has 1 saturated carbocycles. The summed E-state index contributed by atoms with van der Waals surface area (Å²) in [5.41, 5.74) is 2.09. The van der Waals surface area contributed by atoms with Crippen molar-refractivity contribution < 1.29 is 19.4 Å². The minimum Gasteiger partial charge on any atom is -0.455 e. The number of aliphatic hydroxyl groups excluding tert-OH is 1. The molecule has 2 heterocycles. The molecule has 1 unspecified atom stereocenters. The van der Waals surface area contributed by atoms with E-state index in [1.165, 1.54) is 0 Å². The lowest BCUT2D eigenvalue weighted by Gasteiger charge is -2.23. The third-order valence-corrected chi connectivity index (χ3v) is 6.62. The van der Waals surface area contributed by atoms with Crippen LogP contribution in [-0.2, 0) is 14.3 Å². The van der Waals surface area contributed by atoms with Gasteiger partial charge in [0.05, 0.1) is 12.2 Å². The average Bonchev–Trinajstić information content (AvgIpc) is 2.99. The second kappa shape index (κ2) is 5.05. The Morgan fingerprint density at radius 2 is 2.12 bits per heavy atom. The SMILES string of the molecule is C[C@@]12CCC=C(CO)C3C[C@H]4/C(=C\c5ccccc5)C(=O)O[C@@H]4[C@@]31O2. The smallest absolute Gasteiger partial charge is 0.334 e. The minimum absolute atomic E-state index is 0.0348. The summed E-state index contributed by atoms with van der Waals surface area (Å²) in [5, 5.41) is 9.85. The lowest BCUT2D eigenvalue weighted by atomic mass is 9.80. The van der Waals surface area contributed by atoms with Gasteiger partial charge in [-0.25, -0.2) is 4.79 Å². The Morgan fingerprint density at radius 1 is 1.32 bits per heavy atom. The van der Waals surface area contributed by atoms with Crippen LogP contribution in [0.4, 0.5) is 0 Å². The number of aliphatic hydroxyl groups is 1. The molecule has 0 bridgehead atoms. The number of allylic oxidation sites excluding steroid dienone is 1. The quantitative estimate of drug-likeness (QED) is 0.390. The second-order valence-electron chi connectivity index (χ2n) is 7.83. The number of hydrogen-bond acceptors (Lipinski definition) is 4. The molecule has 4 nitrogen and oxygen atoms in total. The van der Waals surface area contributed by atoms with Crippen molar-refractivity contribution in [3.05, 3.63) is 53.1 Å². The highest BCUT2D eigenvalue weighted by atomic mass is 16.7. The van der Waals surface area contributed by atoms with Crippen molar-refractivity contribution in [2.45, 2.75) is 43.5 Å². The Labute approximate surface area is 147 Å². The number of epoxide rings is 1. The van der Waals surface area contributed by atoms with E-state index in [1.807, 2.05) is 36.4 Å². The predicted molar refractivity (Wildman–Crippen MR) is 92.5 cm³/mol. The van der Waals surface area contributed by atoms with E-state index in [9.17, 15) is 9.90 Å². The summed E-state index contributed by atoms with van der Waals surface area (Å²) in [7, 11) is 0. The van der Waals surface area contributed by atoms with E-state index in [2.05, 4.69) is 13.0 Å². The van der Waals surface area contributed by atoms with Gasteiger partial charge in [-0.1, -0.05) is 36.4 Å². The maximum absolute atomic E-state index is 12.6. The molecular weight excluding hydrogens is 316 g/mol. The molecule has 130 valence electrons. The molecule has 4 aliphatic rings. The molecule has 1 aromatic rings. The second-order valence-corrected chi connectivity index (χ2v) is 7.83.